The van der Waals surface area contributed by atoms with Crippen LogP contribution in [0.3, 0.4) is 0 Å². The van der Waals surface area contributed by atoms with Gasteiger partial charge in [-0.15, -0.1) is 0 Å². The summed E-state index contributed by atoms with van der Waals surface area (Å²) in [5, 5.41) is 2.10. The van der Waals surface area contributed by atoms with Crippen LogP contribution in [0.2, 0.25) is 18.1 Å². The first kappa shape index (κ1) is 12.6. The fourth-order valence-electron chi connectivity index (χ4n) is 3.03. The van der Waals surface area contributed by atoms with Gasteiger partial charge in [-0.25, -0.2) is 0 Å². The van der Waals surface area contributed by atoms with E-state index in [9.17, 15) is 0 Å². The van der Waals surface area contributed by atoms with Crippen LogP contribution < -0.4 is 5.19 Å². The minimum absolute atomic E-state index is 0.308. The second-order valence-corrected chi connectivity index (χ2v) is 12.8. The van der Waals surface area contributed by atoms with Gasteiger partial charge in [-0.2, -0.15) is 0 Å². The van der Waals surface area contributed by atoms with Crippen molar-refractivity contribution in [3.63, 3.8) is 0 Å². The number of hydrogen-bond donors (Lipinski definition) is 0. The third-order valence-electron chi connectivity index (χ3n) is 5.45. The standard InChI is InChI=1S/C14H21ISi/c1-13(2)11-8-7-10(15)9-12(11)16(5,6)14(13,3)4/h7-9H,1-6H3. The molecule has 2 heteroatoms. The minimum Gasteiger partial charge on any atom is -0.0650 e. The topological polar surface area (TPSA) is 0 Å². The number of hydrogen-bond acceptors (Lipinski definition) is 0. The Morgan fingerprint density at radius 1 is 1.06 bits per heavy atom. The van der Waals surface area contributed by atoms with Crippen LogP contribution in [-0.4, -0.2) is 8.07 Å². The smallest absolute Gasteiger partial charge is 0.0650 e. The number of benzene rings is 1. The van der Waals surface area contributed by atoms with Crippen LogP contribution in [0.15, 0.2) is 18.2 Å². The molecule has 0 saturated heterocycles. The van der Waals surface area contributed by atoms with Gasteiger partial charge in [-0.3, -0.25) is 0 Å². The van der Waals surface area contributed by atoms with Gasteiger partial charge >= 0.3 is 0 Å². The highest BCUT2D eigenvalue weighted by Crippen LogP contribution is 2.58. The van der Waals surface area contributed by atoms with E-state index in [0.29, 0.717) is 10.5 Å². The molecule has 0 aromatic heterocycles. The summed E-state index contributed by atoms with van der Waals surface area (Å²) in [6.45, 7) is 14.8. The molecule has 1 aromatic carbocycles. The molecule has 0 radical (unpaired) electrons. The summed E-state index contributed by atoms with van der Waals surface area (Å²) in [5.74, 6) is 0. The molecule has 0 N–H and O–H groups in total. The molecule has 1 aliphatic rings. The molecule has 0 fully saturated rings. The highest BCUT2D eigenvalue weighted by molar-refractivity contribution is 14.1. The molecule has 0 saturated carbocycles. The lowest BCUT2D eigenvalue weighted by Crippen LogP contribution is -2.48. The fourth-order valence-corrected chi connectivity index (χ4v) is 7.77. The van der Waals surface area contributed by atoms with E-state index in [1.807, 2.05) is 0 Å². The molecule has 1 aromatic rings. The van der Waals surface area contributed by atoms with Gasteiger partial charge in [0.1, 0.15) is 0 Å². The summed E-state index contributed by atoms with van der Waals surface area (Å²) < 4.78 is 1.38. The van der Waals surface area contributed by atoms with Crippen LogP contribution in [0.5, 0.6) is 0 Å². The SMILES string of the molecule is CC1(C)c2ccc(I)cc2[Si](C)(C)C1(C)C. The zero-order valence-electron chi connectivity index (χ0n) is 11.1. The Morgan fingerprint density at radius 3 is 2.19 bits per heavy atom. The van der Waals surface area contributed by atoms with Crippen molar-refractivity contribution in [2.75, 3.05) is 0 Å². The van der Waals surface area contributed by atoms with Gasteiger partial charge < -0.3 is 0 Å². The lowest BCUT2D eigenvalue weighted by atomic mass is 9.75. The third kappa shape index (κ3) is 1.32. The van der Waals surface area contributed by atoms with Crippen LogP contribution in [0.4, 0.5) is 0 Å². The Morgan fingerprint density at radius 2 is 1.62 bits per heavy atom. The van der Waals surface area contributed by atoms with E-state index in [1.54, 1.807) is 10.8 Å². The van der Waals surface area contributed by atoms with Gasteiger partial charge in [0, 0.05) is 3.57 Å². The Hall–Kier alpha value is 0.167. The van der Waals surface area contributed by atoms with Crippen molar-refractivity contribution in [3.05, 3.63) is 27.3 Å². The largest absolute Gasteiger partial charge is 0.0874 e. The second kappa shape index (κ2) is 3.34. The van der Waals surface area contributed by atoms with Crippen molar-refractivity contribution >= 4 is 35.9 Å². The van der Waals surface area contributed by atoms with Gasteiger partial charge in [0.05, 0.1) is 8.07 Å². The molecule has 16 heavy (non-hydrogen) atoms. The van der Waals surface area contributed by atoms with Gasteiger partial charge in [0.25, 0.3) is 0 Å². The average molecular weight is 344 g/mol. The highest BCUT2D eigenvalue weighted by Gasteiger charge is 2.57. The molecule has 88 valence electrons. The van der Waals surface area contributed by atoms with Crippen molar-refractivity contribution in [3.8, 4) is 0 Å². The van der Waals surface area contributed by atoms with E-state index in [-0.39, 0.29) is 0 Å². The Kier molecular flexibility index (Phi) is 2.64. The Balaban J connectivity index is 2.79. The van der Waals surface area contributed by atoms with Crippen LogP contribution >= 0.6 is 22.6 Å². The molecule has 2 rings (SSSR count). The van der Waals surface area contributed by atoms with E-state index in [2.05, 4.69) is 81.6 Å². The molecule has 0 nitrogen and oxygen atoms in total. The van der Waals surface area contributed by atoms with Crippen molar-refractivity contribution in [2.45, 2.75) is 51.2 Å². The zero-order valence-corrected chi connectivity index (χ0v) is 14.3. The summed E-state index contributed by atoms with van der Waals surface area (Å²) in [4.78, 5) is 0. The van der Waals surface area contributed by atoms with E-state index in [4.69, 9.17) is 0 Å². The normalized spacial score (nSPS) is 24.2. The summed E-state index contributed by atoms with van der Waals surface area (Å²) in [6, 6.07) is 7.05. The molecule has 0 aliphatic carbocycles. The third-order valence-corrected chi connectivity index (χ3v) is 11.6. The van der Waals surface area contributed by atoms with Gasteiger partial charge in [0.15, 0.2) is 0 Å². The second-order valence-electron chi connectivity index (χ2n) is 6.56. The molecular formula is C14H21ISi. The minimum atomic E-state index is -1.36. The lowest BCUT2D eigenvalue weighted by molar-refractivity contribution is 0.394. The lowest BCUT2D eigenvalue weighted by Gasteiger charge is -2.43. The monoisotopic (exact) mass is 344 g/mol. The van der Waals surface area contributed by atoms with Crippen LogP contribution in [0.25, 0.3) is 0 Å². The van der Waals surface area contributed by atoms with Crippen LogP contribution in [-0.2, 0) is 5.41 Å². The maximum Gasteiger partial charge on any atom is 0.0874 e. The Labute approximate surface area is 114 Å². The van der Waals surface area contributed by atoms with Gasteiger partial charge in [-0.05, 0) is 50.7 Å². The van der Waals surface area contributed by atoms with Crippen molar-refractivity contribution < 1.29 is 0 Å². The number of halogens is 1. The quantitative estimate of drug-likeness (QED) is 0.487. The van der Waals surface area contributed by atoms with Crippen LogP contribution in [0.1, 0.15) is 33.3 Å². The highest BCUT2D eigenvalue weighted by atomic mass is 127. The molecular weight excluding hydrogens is 323 g/mol. The molecule has 0 unspecified atom stereocenters. The van der Waals surface area contributed by atoms with Gasteiger partial charge in [0.2, 0.25) is 0 Å². The van der Waals surface area contributed by atoms with Crippen molar-refractivity contribution in [2.24, 2.45) is 0 Å². The number of fused-ring (bicyclic) bond motifs is 1. The molecule has 0 atom stereocenters. The van der Waals surface area contributed by atoms with Crippen molar-refractivity contribution in [1.82, 2.24) is 0 Å². The van der Waals surface area contributed by atoms with E-state index in [0.717, 1.165) is 0 Å². The van der Waals surface area contributed by atoms with E-state index in [1.165, 1.54) is 3.57 Å². The van der Waals surface area contributed by atoms with E-state index < -0.39 is 8.07 Å². The number of rotatable bonds is 0. The predicted octanol–water partition coefficient (Wildman–Crippen LogP) is 4.28. The summed E-state index contributed by atoms with van der Waals surface area (Å²) in [6.07, 6.45) is 0. The summed E-state index contributed by atoms with van der Waals surface area (Å²) >= 11 is 2.44. The summed E-state index contributed by atoms with van der Waals surface area (Å²) in [5.41, 5.74) is 1.90. The summed E-state index contributed by atoms with van der Waals surface area (Å²) in [7, 11) is -1.36. The van der Waals surface area contributed by atoms with Gasteiger partial charge in [-0.1, -0.05) is 52.0 Å². The predicted molar refractivity (Wildman–Crippen MR) is 83.3 cm³/mol. The maximum atomic E-state index is 2.52. The first-order valence-corrected chi connectivity index (χ1v) is 10.0. The molecule has 1 heterocycles. The zero-order chi connectivity index (χ0) is 12.4. The first-order valence-electron chi connectivity index (χ1n) is 5.93. The van der Waals surface area contributed by atoms with Crippen molar-refractivity contribution in [1.29, 1.82) is 0 Å². The molecule has 0 amide bonds. The fraction of sp³-hybridized carbons (Fsp3) is 0.571. The maximum absolute atomic E-state index is 2.52. The Bertz CT molecular complexity index is 444. The molecule has 0 bridgehead atoms. The molecule has 0 spiro atoms. The average Bonchev–Trinajstić information content (AvgIpc) is 2.24. The first-order chi connectivity index (χ1) is 7.12. The molecule has 1 aliphatic heterocycles. The van der Waals surface area contributed by atoms with Crippen LogP contribution in [0, 0.1) is 3.57 Å². The van der Waals surface area contributed by atoms with E-state index >= 15 is 0 Å².